The number of carboxylic acid groups (broad SMARTS) is 1. The standard InChI is InChI=1S/C10H15NO3S2/c1-7(6-16(2)14)11-5-8-3-4-9(15-8)10(12)13/h3-4,7,11H,5-6H2,1-2H3,(H,12,13). The van der Waals surface area contributed by atoms with Crippen molar-refractivity contribution in [2.75, 3.05) is 12.0 Å². The smallest absolute Gasteiger partial charge is 0.345 e. The largest absolute Gasteiger partial charge is 0.477 e. The lowest BCUT2D eigenvalue weighted by molar-refractivity contribution is 0.0702. The number of thiophene rings is 1. The van der Waals surface area contributed by atoms with Crippen molar-refractivity contribution in [3.63, 3.8) is 0 Å². The lowest BCUT2D eigenvalue weighted by Crippen LogP contribution is -2.30. The molecule has 16 heavy (non-hydrogen) atoms. The Kier molecular flexibility index (Phi) is 5.11. The van der Waals surface area contributed by atoms with Gasteiger partial charge in [0.05, 0.1) is 0 Å². The molecule has 2 N–H and O–H groups in total. The highest BCUT2D eigenvalue weighted by molar-refractivity contribution is 7.84. The first-order valence-electron chi connectivity index (χ1n) is 4.84. The van der Waals surface area contributed by atoms with Crippen LogP contribution in [-0.4, -0.2) is 33.3 Å². The minimum Gasteiger partial charge on any atom is -0.477 e. The molecule has 0 aliphatic rings. The molecule has 0 aromatic carbocycles. The van der Waals surface area contributed by atoms with Gasteiger partial charge < -0.3 is 10.4 Å². The summed E-state index contributed by atoms with van der Waals surface area (Å²) in [6.45, 7) is 2.59. The fraction of sp³-hybridized carbons (Fsp3) is 0.500. The van der Waals surface area contributed by atoms with Crippen LogP contribution in [0.3, 0.4) is 0 Å². The van der Waals surface area contributed by atoms with Crippen molar-refractivity contribution in [3.05, 3.63) is 21.9 Å². The molecule has 0 bridgehead atoms. The molecule has 2 unspecified atom stereocenters. The van der Waals surface area contributed by atoms with E-state index in [2.05, 4.69) is 5.32 Å². The van der Waals surface area contributed by atoms with Gasteiger partial charge in [0.25, 0.3) is 0 Å². The van der Waals surface area contributed by atoms with Crippen LogP contribution in [0.2, 0.25) is 0 Å². The van der Waals surface area contributed by atoms with Gasteiger partial charge in [0.15, 0.2) is 0 Å². The molecule has 0 saturated carbocycles. The van der Waals surface area contributed by atoms with E-state index in [9.17, 15) is 9.00 Å². The van der Waals surface area contributed by atoms with Crippen LogP contribution in [0.5, 0.6) is 0 Å². The lowest BCUT2D eigenvalue weighted by atomic mass is 10.3. The Morgan fingerprint density at radius 2 is 2.31 bits per heavy atom. The van der Waals surface area contributed by atoms with Crippen LogP contribution in [0.15, 0.2) is 12.1 Å². The Bertz CT molecular complexity index is 389. The number of carbonyl (C=O) groups is 1. The van der Waals surface area contributed by atoms with Gasteiger partial charge in [-0.3, -0.25) is 4.21 Å². The van der Waals surface area contributed by atoms with E-state index in [-0.39, 0.29) is 6.04 Å². The van der Waals surface area contributed by atoms with E-state index in [1.807, 2.05) is 6.92 Å². The molecule has 0 amide bonds. The van der Waals surface area contributed by atoms with Crippen molar-refractivity contribution < 1.29 is 14.1 Å². The summed E-state index contributed by atoms with van der Waals surface area (Å²) in [5, 5.41) is 12.0. The van der Waals surface area contributed by atoms with Gasteiger partial charge in [-0.1, -0.05) is 0 Å². The predicted octanol–water partition coefficient (Wildman–Crippen LogP) is 1.30. The second-order valence-corrected chi connectivity index (χ2v) is 6.24. The molecule has 1 rings (SSSR count). The lowest BCUT2D eigenvalue weighted by Gasteiger charge is -2.10. The van der Waals surface area contributed by atoms with Gasteiger partial charge in [0.1, 0.15) is 4.88 Å². The van der Waals surface area contributed by atoms with Crippen LogP contribution in [0.4, 0.5) is 0 Å². The second-order valence-electron chi connectivity index (χ2n) is 3.59. The Morgan fingerprint density at radius 3 is 2.81 bits per heavy atom. The molecule has 0 aliphatic heterocycles. The molecule has 4 nitrogen and oxygen atoms in total. The minimum absolute atomic E-state index is 0.168. The Labute approximate surface area is 101 Å². The normalized spacial score (nSPS) is 14.6. The van der Waals surface area contributed by atoms with E-state index in [1.54, 1.807) is 18.4 Å². The maximum absolute atomic E-state index is 11.0. The van der Waals surface area contributed by atoms with E-state index in [1.165, 1.54) is 11.3 Å². The third kappa shape index (κ3) is 4.42. The summed E-state index contributed by atoms with van der Waals surface area (Å²) in [6.07, 6.45) is 1.67. The SMILES string of the molecule is CC(CS(C)=O)NCc1ccc(C(=O)O)s1. The van der Waals surface area contributed by atoms with E-state index in [4.69, 9.17) is 5.11 Å². The van der Waals surface area contributed by atoms with Crippen molar-refractivity contribution in [3.8, 4) is 0 Å². The van der Waals surface area contributed by atoms with Crippen molar-refractivity contribution in [2.45, 2.75) is 19.5 Å². The average molecular weight is 261 g/mol. The first-order valence-corrected chi connectivity index (χ1v) is 7.39. The van der Waals surface area contributed by atoms with Crippen LogP contribution >= 0.6 is 11.3 Å². The molecular formula is C10H15NO3S2. The number of rotatable bonds is 6. The highest BCUT2D eigenvalue weighted by atomic mass is 32.2. The number of aromatic carboxylic acids is 1. The summed E-state index contributed by atoms with van der Waals surface area (Å²) in [4.78, 5) is 12.0. The van der Waals surface area contributed by atoms with Gasteiger partial charge in [0, 0.05) is 40.3 Å². The Balaban J connectivity index is 2.42. The van der Waals surface area contributed by atoms with E-state index in [0.29, 0.717) is 17.2 Å². The van der Waals surface area contributed by atoms with Gasteiger partial charge in [-0.15, -0.1) is 11.3 Å². The Morgan fingerprint density at radius 1 is 1.62 bits per heavy atom. The zero-order chi connectivity index (χ0) is 12.1. The van der Waals surface area contributed by atoms with E-state index >= 15 is 0 Å². The van der Waals surface area contributed by atoms with E-state index < -0.39 is 16.8 Å². The van der Waals surface area contributed by atoms with Crippen molar-refractivity contribution in [1.29, 1.82) is 0 Å². The monoisotopic (exact) mass is 261 g/mol. The summed E-state index contributed by atoms with van der Waals surface area (Å²) in [6, 6.07) is 3.57. The van der Waals surface area contributed by atoms with Crippen LogP contribution in [0, 0.1) is 0 Å². The third-order valence-electron chi connectivity index (χ3n) is 1.98. The summed E-state index contributed by atoms with van der Waals surface area (Å²) in [5.74, 6) is -0.282. The molecular weight excluding hydrogens is 246 g/mol. The molecule has 0 saturated heterocycles. The van der Waals surface area contributed by atoms with Crippen molar-refractivity contribution >= 4 is 28.1 Å². The molecule has 90 valence electrons. The first-order chi connectivity index (χ1) is 7.49. The van der Waals surface area contributed by atoms with Gasteiger partial charge in [-0.25, -0.2) is 4.79 Å². The topological polar surface area (TPSA) is 66.4 Å². The van der Waals surface area contributed by atoms with Crippen LogP contribution < -0.4 is 5.32 Å². The van der Waals surface area contributed by atoms with Crippen LogP contribution in [-0.2, 0) is 17.3 Å². The molecule has 0 spiro atoms. The van der Waals surface area contributed by atoms with Gasteiger partial charge in [-0.2, -0.15) is 0 Å². The predicted molar refractivity (Wildman–Crippen MR) is 66.5 cm³/mol. The van der Waals surface area contributed by atoms with Gasteiger partial charge in [0.2, 0.25) is 0 Å². The van der Waals surface area contributed by atoms with Gasteiger partial charge >= 0.3 is 5.97 Å². The summed E-state index contributed by atoms with van der Waals surface area (Å²) >= 11 is 1.26. The number of hydrogen-bond donors (Lipinski definition) is 2. The minimum atomic E-state index is -0.890. The molecule has 1 aromatic rings. The first kappa shape index (κ1) is 13.3. The maximum atomic E-state index is 11.0. The Hall–Kier alpha value is -0.720. The fourth-order valence-corrected chi connectivity index (χ4v) is 2.89. The number of hydrogen-bond acceptors (Lipinski definition) is 4. The van der Waals surface area contributed by atoms with Crippen LogP contribution in [0.25, 0.3) is 0 Å². The quantitative estimate of drug-likeness (QED) is 0.810. The molecule has 1 heterocycles. The molecule has 6 heteroatoms. The summed E-state index contributed by atoms with van der Waals surface area (Å²) in [7, 11) is -0.809. The molecule has 2 atom stereocenters. The van der Waals surface area contributed by atoms with Crippen molar-refractivity contribution in [1.82, 2.24) is 5.32 Å². The molecule has 0 fully saturated rings. The summed E-state index contributed by atoms with van der Waals surface area (Å²) < 4.78 is 11.0. The zero-order valence-electron chi connectivity index (χ0n) is 9.23. The third-order valence-corrected chi connectivity index (χ3v) is 4.02. The molecule has 1 aromatic heterocycles. The number of carboxylic acids is 1. The van der Waals surface area contributed by atoms with Gasteiger partial charge in [-0.05, 0) is 19.1 Å². The average Bonchev–Trinajstić information content (AvgIpc) is 2.61. The van der Waals surface area contributed by atoms with Crippen LogP contribution in [0.1, 0.15) is 21.5 Å². The maximum Gasteiger partial charge on any atom is 0.345 e. The fourth-order valence-electron chi connectivity index (χ4n) is 1.27. The highest BCUT2D eigenvalue weighted by Crippen LogP contribution is 2.16. The van der Waals surface area contributed by atoms with E-state index in [0.717, 1.165) is 4.88 Å². The van der Waals surface area contributed by atoms with Crippen molar-refractivity contribution in [2.24, 2.45) is 0 Å². The molecule has 0 radical (unpaired) electrons. The molecule has 0 aliphatic carbocycles. The second kappa shape index (κ2) is 6.12. The summed E-state index contributed by atoms with van der Waals surface area (Å²) in [5.41, 5.74) is 0. The number of nitrogens with one attached hydrogen (secondary N) is 1. The highest BCUT2D eigenvalue weighted by Gasteiger charge is 2.08. The zero-order valence-corrected chi connectivity index (χ0v) is 10.9.